The number of halogens is 1. The van der Waals surface area contributed by atoms with Gasteiger partial charge in [-0.1, -0.05) is 24.3 Å². The summed E-state index contributed by atoms with van der Waals surface area (Å²) in [6.45, 7) is 4.04. The van der Waals surface area contributed by atoms with E-state index in [0.717, 1.165) is 38.0 Å². The first-order valence-electron chi connectivity index (χ1n) is 8.95. The average Bonchev–Trinajstić information content (AvgIpc) is 3.53. The number of aromatic nitrogens is 2. The van der Waals surface area contributed by atoms with Crippen LogP contribution in [-0.4, -0.2) is 47.0 Å². The van der Waals surface area contributed by atoms with Gasteiger partial charge in [-0.3, -0.25) is 0 Å². The highest BCUT2D eigenvalue weighted by molar-refractivity contribution is 14.0. The molecule has 1 saturated heterocycles. The van der Waals surface area contributed by atoms with Crippen molar-refractivity contribution in [2.75, 3.05) is 31.1 Å². The maximum absolute atomic E-state index is 6.19. The second kappa shape index (κ2) is 8.66. The van der Waals surface area contributed by atoms with Crippen LogP contribution in [0.3, 0.4) is 0 Å². The fourth-order valence-corrected chi connectivity index (χ4v) is 3.17. The van der Waals surface area contributed by atoms with Gasteiger partial charge in [-0.2, -0.15) is 0 Å². The maximum Gasteiger partial charge on any atom is 0.225 e. The van der Waals surface area contributed by atoms with Crippen LogP contribution < -0.4 is 10.6 Å². The van der Waals surface area contributed by atoms with E-state index < -0.39 is 0 Å². The molecular formula is C19H25IN6. The van der Waals surface area contributed by atoms with Crippen molar-refractivity contribution in [3.63, 3.8) is 0 Å². The smallest absolute Gasteiger partial charge is 0.225 e. The lowest BCUT2D eigenvalue weighted by molar-refractivity contribution is 0.378. The molecule has 2 fully saturated rings. The molecule has 1 aliphatic carbocycles. The zero-order valence-corrected chi connectivity index (χ0v) is 17.1. The molecule has 0 atom stereocenters. The van der Waals surface area contributed by atoms with Crippen molar-refractivity contribution < 1.29 is 0 Å². The molecule has 0 unspecified atom stereocenters. The van der Waals surface area contributed by atoms with E-state index in [-0.39, 0.29) is 24.0 Å². The summed E-state index contributed by atoms with van der Waals surface area (Å²) in [5.74, 6) is 2.21. The van der Waals surface area contributed by atoms with Crippen molar-refractivity contribution >= 4 is 35.9 Å². The molecule has 0 amide bonds. The lowest BCUT2D eigenvalue weighted by Crippen LogP contribution is -2.51. The Hall–Kier alpha value is -1.90. The van der Waals surface area contributed by atoms with Crippen LogP contribution in [0.25, 0.3) is 0 Å². The van der Waals surface area contributed by atoms with E-state index in [1.807, 2.05) is 6.07 Å². The number of guanidine groups is 1. The maximum atomic E-state index is 6.19. The molecule has 2 aliphatic rings. The van der Waals surface area contributed by atoms with Gasteiger partial charge in [-0.25, -0.2) is 15.0 Å². The summed E-state index contributed by atoms with van der Waals surface area (Å²) in [5.41, 5.74) is 8.86. The first-order valence-corrected chi connectivity index (χ1v) is 8.95. The Labute approximate surface area is 171 Å². The molecule has 7 heteroatoms. The molecule has 4 rings (SSSR count). The molecule has 2 heterocycles. The van der Waals surface area contributed by atoms with Crippen LogP contribution in [0.4, 0.5) is 5.95 Å². The van der Waals surface area contributed by atoms with E-state index in [0.29, 0.717) is 12.5 Å². The fraction of sp³-hybridized carbons (Fsp3) is 0.421. The number of hydrogen-bond acceptors (Lipinski definition) is 4. The largest absolute Gasteiger partial charge is 0.370 e. The van der Waals surface area contributed by atoms with Crippen LogP contribution in [-0.2, 0) is 6.54 Å². The summed E-state index contributed by atoms with van der Waals surface area (Å²) in [6, 6.07) is 10.7. The van der Waals surface area contributed by atoms with E-state index >= 15 is 0 Å². The second-order valence-corrected chi connectivity index (χ2v) is 6.71. The zero-order valence-electron chi connectivity index (χ0n) is 14.8. The van der Waals surface area contributed by atoms with Crippen LogP contribution in [0.15, 0.2) is 47.7 Å². The molecule has 0 spiro atoms. The van der Waals surface area contributed by atoms with Crippen molar-refractivity contribution in [2.24, 2.45) is 10.7 Å². The van der Waals surface area contributed by atoms with E-state index in [9.17, 15) is 0 Å². The normalized spacial score (nSPS) is 17.8. The zero-order chi connectivity index (χ0) is 17.1. The van der Waals surface area contributed by atoms with Gasteiger partial charge in [-0.15, -0.1) is 24.0 Å². The molecule has 1 aromatic heterocycles. The highest BCUT2D eigenvalue weighted by Crippen LogP contribution is 2.39. The number of nitrogens with zero attached hydrogens (tertiary/aromatic N) is 5. The Morgan fingerprint density at radius 2 is 1.69 bits per heavy atom. The first kappa shape index (κ1) is 18.9. The number of hydrogen-bond donors (Lipinski definition) is 1. The predicted octanol–water partition coefficient (Wildman–Crippen LogP) is 2.61. The van der Waals surface area contributed by atoms with Crippen molar-refractivity contribution in [1.29, 1.82) is 0 Å². The molecule has 0 bridgehead atoms. The lowest BCUT2D eigenvalue weighted by Gasteiger charge is -2.35. The van der Waals surface area contributed by atoms with Crippen LogP contribution in [0.1, 0.15) is 29.9 Å². The number of piperazine rings is 1. The Bertz CT molecular complexity index is 721. The van der Waals surface area contributed by atoms with Gasteiger partial charge in [0.2, 0.25) is 5.95 Å². The highest BCUT2D eigenvalue weighted by Gasteiger charge is 2.23. The molecule has 6 nitrogen and oxygen atoms in total. The Morgan fingerprint density at radius 3 is 2.31 bits per heavy atom. The van der Waals surface area contributed by atoms with E-state index in [4.69, 9.17) is 5.73 Å². The van der Waals surface area contributed by atoms with Gasteiger partial charge in [-0.05, 0) is 36.0 Å². The SMILES string of the molecule is I.NC(=NCc1ccc(C2CC2)cc1)N1CCN(c2ncccn2)CC1. The van der Waals surface area contributed by atoms with E-state index in [1.165, 1.54) is 24.0 Å². The van der Waals surface area contributed by atoms with Gasteiger partial charge in [0.15, 0.2) is 5.96 Å². The number of nitrogens with two attached hydrogens (primary N) is 1. The highest BCUT2D eigenvalue weighted by atomic mass is 127. The quantitative estimate of drug-likeness (QED) is 0.428. The van der Waals surface area contributed by atoms with E-state index in [1.54, 1.807) is 12.4 Å². The summed E-state index contributed by atoms with van der Waals surface area (Å²) in [7, 11) is 0. The molecule has 0 radical (unpaired) electrons. The molecule has 26 heavy (non-hydrogen) atoms. The van der Waals surface area contributed by atoms with Gasteiger partial charge in [0.1, 0.15) is 0 Å². The first-order chi connectivity index (χ1) is 12.3. The second-order valence-electron chi connectivity index (χ2n) is 6.71. The summed E-state index contributed by atoms with van der Waals surface area (Å²) in [6.07, 6.45) is 6.23. The third kappa shape index (κ3) is 4.63. The van der Waals surface area contributed by atoms with Crippen molar-refractivity contribution in [1.82, 2.24) is 14.9 Å². The lowest BCUT2D eigenvalue weighted by atomic mass is 10.1. The summed E-state index contributed by atoms with van der Waals surface area (Å²) in [5, 5.41) is 0. The van der Waals surface area contributed by atoms with Gasteiger partial charge < -0.3 is 15.5 Å². The summed E-state index contributed by atoms with van der Waals surface area (Å²) < 4.78 is 0. The average molecular weight is 464 g/mol. The third-order valence-electron chi connectivity index (χ3n) is 4.89. The van der Waals surface area contributed by atoms with Gasteiger partial charge >= 0.3 is 0 Å². The molecule has 1 aromatic carbocycles. The van der Waals surface area contributed by atoms with E-state index in [2.05, 4.69) is 49.0 Å². The fourth-order valence-electron chi connectivity index (χ4n) is 3.17. The standard InChI is InChI=1S/C19H24N6.HI/c20-18(23-14-15-2-4-16(5-3-15)17-6-7-17)24-10-12-25(13-11-24)19-21-8-1-9-22-19;/h1-5,8-9,17H,6-7,10-14H2,(H2,20,23);1H. The molecule has 138 valence electrons. The number of anilines is 1. The molecule has 1 saturated carbocycles. The van der Waals surface area contributed by atoms with Crippen molar-refractivity contribution in [3.8, 4) is 0 Å². The van der Waals surface area contributed by atoms with Crippen LogP contribution >= 0.6 is 24.0 Å². The number of aliphatic imine (C=N–C) groups is 1. The predicted molar refractivity (Wildman–Crippen MR) is 115 cm³/mol. The number of benzene rings is 1. The number of rotatable bonds is 4. The minimum absolute atomic E-state index is 0. The third-order valence-corrected chi connectivity index (χ3v) is 4.89. The minimum atomic E-state index is 0. The Morgan fingerprint density at radius 1 is 1.04 bits per heavy atom. The van der Waals surface area contributed by atoms with Crippen LogP contribution in [0.2, 0.25) is 0 Å². The molecular weight excluding hydrogens is 439 g/mol. The minimum Gasteiger partial charge on any atom is -0.370 e. The Balaban J connectivity index is 0.00000196. The van der Waals surface area contributed by atoms with Crippen LogP contribution in [0, 0.1) is 0 Å². The van der Waals surface area contributed by atoms with Gasteiger partial charge in [0, 0.05) is 38.6 Å². The summed E-state index contributed by atoms with van der Waals surface area (Å²) >= 11 is 0. The molecule has 2 N–H and O–H groups in total. The molecule has 1 aliphatic heterocycles. The molecule has 2 aromatic rings. The van der Waals surface area contributed by atoms with Crippen LogP contribution in [0.5, 0.6) is 0 Å². The van der Waals surface area contributed by atoms with Gasteiger partial charge in [0.05, 0.1) is 6.54 Å². The van der Waals surface area contributed by atoms with Gasteiger partial charge in [0.25, 0.3) is 0 Å². The summed E-state index contributed by atoms with van der Waals surface area (Å²) in [4.78, 5) is 17.5. The van der Waals surface area contributed by atoms with Crippen molar-refractivity contribution in [3.05, 3.63) is 53.9 Å². The topological polar surface area (TPSA) is 70.6 Å². The van der Waals surface area contributed by atoms with Crippen molar-refractivity contribution in [2.45, 2.75) is 25.3 Å². The Kier molecular flexibility index (Phi) is 6.29. The monoisotopic (exact) mass is 464 g/mol.